The maximum atomic E-state index is 11.9. The molecule has 0 spiro atoms. The van der Waals surface area contributed by atoms with E-state index in [0.29, 0.717) is 6.54 Å². The van der Waals surface area contributed by atoms with Crippen LogP contribution in [0.4, 0.5) is 0 Å². The van der Waals surface area contributed by atoms with E-state index in [2.05, 4.69) is 10.6 Å². The van der Waals surface area contributed by atoms with Crippen LogP contribution in [-0.4, -0.2) is 48.9 Å². The molecule has 0 radical (unpaired) electrons. The maximum absolute atomic E-state index is 11.9. The van der Waals surface area contributed by atoms with E-state index in [9.17, 15) is 9.59 Å². The van der Waals surface area contributed by atoms with Gasteiger partial charge in [-0.05, 0) is 6.92 Å². The second-order valence-electron chi connectivity index (χ2n) is 5.57. The first kappa shape index (κ1) is 14.0. The highest BCUT2D eigenvalue weighted by Crippen LogP contribution is 2.12. The van der Waals surface area contributed by atoms with E-state index in [0.717, 1.165) is 13.1 Å². The van der Waals surface area contributed by atoms with Crippen molar-refractivity contribution in [3.8, 4) is 0 Å². The van der Waals surface area contributed by atoms with E-state index in [4.69, 9.17) is 0 Å². The predicted molar refractivity (Wildman–Crippen MR) is 66.5 cm³/mol. The third-order valence-electron chi connectivity index (χ3n) is 2.90. The van der Waals surface area contributed by atoms with E-state index in [1.165, 1.54) is 0 Å². The number of rotatable bonds is 2. The summed E-state index contributed by atoms with van der Waals surface area (Å²) in [7, 11) is 0. The Morgan fingerprint density at radius 3 is 2.59 bits per heavy atom. The van der Waals surface area contributed by atoms with E-state index in [1.807, 2.05) is 32.6 Å². The molecule has 1 heterocycles. The van der Waals surface area contributed by atoms with E-state index >= 15 is 0 Å². The molecule has 1 rings (SSSR count). The Balaban J connectivity index is 2.41. The minimum absolute atomic E-state index is 0.00315. The van der Waals surface area contributed by atoms with Gasteiger partial charge < -0.3 is 15.5 Å². The van der Waals surface area contributed by atoms with Crippen molar-refractivity contribution in [1.82, 2.24) is 15.5 Å². The van der Waals surface area contributed by atoms with Crippen LogP contribution in [0.5, 0.6) is 0 Å². The second-order valence-corrected chi connectivity index (χ2v) is 5.57. The fourth-order valence-electron chi connectivity index (χ4n) is 1.73. The first-order chi connectivity index (χ1) is 7.82. The highest BCUT2D eigenvalue weighted by atomic mass is 16.2. The van der Waals surface area contributed by atoms with Crippen LogP contribution in [0.3, 0.4) is 0 Å². The van der Waals surface area contributed by atoms with Crippen molar-refractivity contribution in [2.45, 2.75) is 33.7 Å². The number of hydrogen-bond acceptors (Lipinski definition) is 3. The van der Waals surface area contributed by atoms with Gasteiger partial charge in [0.2, 0.25) is 11.8 Å². The summed E-state index contributed by atoms with van der Waals surface area (Å²) in [5.74, 6) is -0.0924. The van der Waals surface area contributed by atoms with Gasteiger partial charge in [-0.1, -0.05) is 20.8 Å². The average molecular weight is 241 g/mol. The zero-order valence-corrected chi connectivity index (χ0v) is 11.2. The van der Waals surface area contributed by atoms with Crippen molar-refractivity contribution in [2.75, 3.05) is 26.2 Å². The quantitative estimate of drug-likeness (QED) is 0.713. The molecular formula is C12H23N3O2. The molecular weight excluding hydrogens is 218 g/mol. The van der Waals surface area contributed by atoms with Gasteiger partial charge in [-0.2, -0.15) is 0 Å². The van der Waals surface area contributed by atoms with Gasteiger partial charge in [-0.15, -0.1) is 0 Å². The Morgan fingerprint density at radius 1 is 1.41 bits per heavy atom. The average Bonchev–Trinajstić information content (AvgIpc) is 2.24. The molecule has 0 aromatic carbocycles. The summed E-state index contributed by atoms with van der Waals surface area (Å²) >= 11 is 0. The number of nitrogens with one attached hydrogen (secondary N) is 2. The van der Waals surface area contributed by atoms with E-state index < -0.39 is 5.41 Å². The van der Waals surface area contributed by atoms with Crippen molar-refractivity contribution in [1.29, 1.82) is 0 Å². The summed E-state index contributed by atoms with van der Waals surface area (Å²) in [5.41, 5.74) is -0.449. The van der Waals surface area contributed by atoms with Crippen LogP contribution < -0.4 is 10.6 Å². The van der Waals surface area contributed by atoms with Crippen molar-refractivity contribution in [2.24, 2.45) is 5.41 Å². The SMILES string of the molecule is CC1CNCCN1C(=O)CNC(=O)C(C)(C)C. The van der Waals surface area contributed by atoms with Crippen molar-refractivity contribution >= 4 is 11.8 Å². The molecule has 1 saturated heterocycles. The van der Waals surface area contributed by atoms with Gasteiger partial charge in [0.15, 0.2) is 0 Å². The third-order valence-corrected chi connectivity index (χ3v) is 2.90. The van der Waals surface area contributed by atoms with Gasteiger partial charge in [-0.25, -0.2) is 0 Å². The van der Waals surface area contributed by atoms with Crippen LogP contribution in [0.2, 0.25) is 0 Å². The largest absolute Gasteiger partial charge is 0.347 e. The summed E-state index contributed by atoms with van der Waals surface area (Å²) in [6, 6.07) is 0.197. The number of hydrogen-bond donors (Lipinski definition) is 2. The van der Waals surface area contributed by atoms with Gasteiger partial charge in [0, 0.05) is 31.1 Å². The van der Waals surface area contributed by atoms with Gasteiger partial charge in [0.25, 0.3) is 0 Å². The van der Waals surface area contributed by atoms with Crippen LogP contribution in [0, 0.1) is 5.41 Å². The van der Waals surface area contributed by atoms with Crippen LogP contribution in [0.15, 0.2) is 0 Å². The lowest BCUT2D eigenvalue weighted by molar-refractivity contribution is -0.137. The first-order valence-electron chi connectivity index (χ1n) is 6.11. The summed E-state index contributed by atoms with van der Waals surface area (Å²) in [5, 5.41) is 5.92. The topological polar surface area (TPSA) is 61.4 Å². The van der Waals surface area contributed by atoms with Crippen LogP contribution >= 0.6 is 0 Å². The third kappa shape index (κ3) is 4.00. The molecule has 1 aliphatic rings. The molecule has 0 saturated carbocycles. The molecule has 5 nitrogen and oxygen atoms in total. The lowest BCUT2D eigenvalue weighted by atomic mass is 9.96. The van der Waals surface area contributed by atoms with Gasteiger partial charge in [-0.3, -0.25) is 9.59 Å². The molecule has 0 aromatic heterocycles. The monoisotopic (exact) mass is 241 g/mol. The van der Waals surface area contributed by atoms with Gasteiger partial charge in [0.1, 0.15) is 0 Å². The molecule has 1 aliphatic heterocycles. The number of carbonyl (C=O) groups is 2. The van der Waals surface area contributed by atoms with Crippen LogP contribution in [0.1, 0.15) is 27.7 Å². The molecule has 5 heteroatoms. The Labute approximate surface area is 103 Å². The number of nitrogens with zero attached hydrogens (tertiary/aromatic N) is 1. The Hall–Kier alpha value is -1.10. The normalized spacial score (nSPS) is 21.2. The molecule has 2 N–H and O–H groups in total. The molecule has 1 fully saturated rings. The Kier molecular flexibility index (Phi) is 4.51. The minimum atomic E-state index is -0.449. The van der Waals surface area contributed by atoms with Crippen molar-refractivity contribution < 1.29 is 9.59 Å². The predicted octanol–water partition coefficient (Wildman–Crippen LogP) is -0.0310. The molecule has 0 bridgehead atoms. The van der Waals surface area contributed by atoms with Crippen molar-refractivity contribution in [3.05, 3.63) is 0 Å². The van der Waals surface area contributed by atoms with Gasteiger partial charge in [0.05, 0.1) is 6.54 Å². The number of piperazine rings is 1. The molecule has 0 aliphatic carbocycles. The number of amides is 2. The summed E-state index contributed by atoms with van der Waals surface area (Å²) in [4.78, 5) is 25.4. The molecule has 0 aromatic rings. The zero-order valence-electron chi connectivity index (χ0n) is 11.2. The van der Waals surface area contributed by atoms with Gasteiger partial charge >= 0.3 is 0 Å². The highest BCUT2D eigenvalue weighted by molar-refractivity contribution is 5.87. The maximum Gasteiger partial charge on any atom is 0.242 e. The Bertz CT molecular complexity index is 297. The second kappa shape index (κ2) is 5.49. The highest BCUT2D eigenvalue weighted by Gasteiger charge is 2.25. The number of carbonyl (C=O) groups excluding carboxylic acids is 2. The molecule has 1 unspecified atom stereocenters. The Morgan fingerprint density at radius 2 is 2.06 bits per heavy atom. The minimum Gasteiger partial charge on any atom is -0.347 e. The molecule has 2 amide bonds. The van der Waals surface area contributed by atoms with Crippen LogP contribution in [0.25, 0.3) is 0 Å². The van der Waals surface area contributed by atoms with E-state index in [-0.39, 0.29) is 24.4 Å². The van der Waals surface area contributed by atoms with Crippen molar-refractivity contribution in [3.63, 3.8) is 0 Å². The summed E-state index contributed by atoms with van der Waals surface area (Å²) in [6.45, 7) is 9.96. The molecule has 98 valence electrons. The van der Waals surface area contributed by atoms with Crippen LogP contribution in [-0.2, 0) is 9.59 Å². The summed E-state index contributed by atoms with van der Waals surface area (Å²) in [6.07, 6.45) is 0. The zero-order chi connectivity index (χ0) is 13.1. The fraction of sp³-hybridized carbons (Fsp3) is 0.833. The lowest BCUT2D eigenvalue weighted by Crippen LogP contribution is -2.55. The fourth-order valence-corrected chi connectivity index (χ4v) is 1.73. The van der Waals surface area contributed by atoms with E-state index in [1.54, 1.807) is 0 Å². The smallest absolute Gasteiger partial charge is 0.242 e. The summed E-state index contributed by atoms with van der Waals surface area (Å²) < 4.78 is 0. The lowest BCUT2D eigenvalue weighted by Gasteiger charge is -2.34. The molecule has 1 atom stereocenters. The first-order valence-corrected chi connectivity index (χ1v) is 6.11. The standard InChI is InChI=1S/C12H23N3O2/c1-9-7-13-5-6-15(9)10(16)8-14-11(17)12(2,3)4/h9,13H,5-8H2,1-4H3,(H,14,17). The molecule has 17 heavy (non-hydrogen) atoms.